The molecule has 0 amide bonds. The Morgan fingerprint density at radius 1 is 1.33 bits per heavy atom. The maximum Gasteiger partial charge on any atom is 0.141 e. The second-order valence-corrected chi connectivity index (χ2v) is 3.76. The predicted octanol–water partition coefficient (Wildman–Crippen LogP) is 2.50. The van der Waals surface area contributed by atoms with E-state index in [9.17, 15) is 0 Å². The number of nitrogens with zero attached hydrogens (tertiary/aromatic N) is 1. The highest BCUT2D eigenvalue weighted by molar-refractivity contribution is 5.80. The molecule has 1 atom stereocenters. The molecule has 0 aromatic heterocycles. The lowest BCUT2D eigenvalue weighted by Crippen LogP contribution is -2.23. The zero-order valence-corrected chi connectivity index (χ0v) is 9.91. The van der Waals surface area contributed by atoms with E-state index in [2.05, 4.69) is 12.1 Å². The number of hydrogen-bond acceptors (Lipinski definition) is 3. The van der Waals surface area contributed by atoms with Gasteiger partial charge in [-0.2, -0.15) is 0 Å². The Balaban J connectivity index is 3.53. The third-order valence-corrected chi connectivity index (χ3v) is 2.37. The van der Waals surface area contributed by atoms with Gasteiger partial charge >= 0.3 is 0 Å². The van der Waals surface area contributed by atoms with Crippen molar-refractivity contribution in [1.82, 2.24) is 0 Å². The molecule has 0 aliphatic rings. The van der Waals surface area contributed by atoms with Crippen LogP contribution in [0, 0.1) is 0 Å². The maximum absolute atomic E-state index is 8.43. The first kappa shape index (κ1) is 14.2. The Morgan fingerprint density at radius 2 is 2.07 bits per heavy atom. The van der Waals surface area contributed by atoms with E-state index in [1.165, 1.54) is 19.3 Å². The number of ether oxygens (including phenoxy) is 1. The van der Waals surface area contributed by atoms with Crippen LogP contribution < -0.4 is 5.73 Å². The van der Waals surface area contributed by atoms with E-state index in [1.54, 1.807) is 0 Å². The summed E-state index contributed by atoms with van der Waals surface area (Å²) >= 11 is 0. The van der Waals surface area contributed by atoms with Crippen molar-refractivity contribution >= 4 is 5.84 Å². The van der Waals surface area contributed by atoms with Crippen LogP contribution in [0.1, 0.15) is 52.4 Å². The summed E-state index contributed by atoms with van der Waals surface area (Å²) < 4.78 is 5.64. The van der Waals surface area contributed by atoms with Gasteiger partial charge in [-0.1, -0.05) is 38.3 Å². The summed E-state index contributed by atoms with van der Waals surface area (Å²) in [6.07, 6.45) is 6.31. The van der Waals surface area contributed by atoms with Crippen LogP contribution in [0.25, 0.3) is 0 Å². The van der Waals surface area contributed by atoms with Gasteiger partial charge in [0.15, 0.2) is 0 Å². The Bertz CT molecular complexity index is 172. The van der Waals surface area contributed by atoms with Crippen LogP contribution in [-0.2, 0) is 4.74 Å². The summed E-state index contributed by atoms with van der Waals surface area (Å²) in [5.41, 5.74) is 5.42. The fourth-order valence-corrected chi connectivity index (χ4v) is 1.37. The average molecular weight is 216 g/mol. The molecular weight excluding hydrogens is 192 g/mol. The predicted molar refractivity (Wildman–Crippen MR) is 62.2 cm³/mol. The highest BCUT2D eigenvalue weighted by atomic mass is 16.5. The molecule has 0 aliphatic carbocycles. The van der Waals surface area contributed by atoms with Crippen molar-refractivity contribution in [3.8, 4) is 0 Å². The molecular formula is C11H24N2O2. The highest BCUT2D eigenvalue weighted by Crippen LogP contribution is 2.06. The first-order chi connectivity index (χ1) is 7.24. The van der Waals surface area contributed by atoms with Crippen molar-refractivity contribution in [2.45, 2.75) is 58.5 Å². The fraction of sp³-hybridized carbons (Fsp3) is 0.909. The van der Waals surface area contributed by atoms with Gasteiger partial charge in [0.2, 0.25) is 0 Å². The van der Waals surface area contributed by atoms with Crippen LogP contribution in [0.15, 0.2) is 5.16 Å². The van der Waals surface area contributed by atoms with E-state index in [1.807, 2.05) is 6.92 Å². The van der Waals surface area contributed by atoms with E-state index in [0.717, 1.165) is 19.4 Å². The Hall–Kier alpha value is -0.770. The molecule has 0 aliphatic heterocycles. The van der Waals surface area contributed by atoms with Crippen molar-refractivity contribution in [3.05, 3.63) is 0 Å². The van der Waals surface area contributed by atoms with E-state index in [0.29, 0.717) is 6.42 Å². The summed E-state index contributed by atoms with van der Waals surface area (Å²) in [4.78, 5) is 0. The molecule has 0 aromatic carbocycles. The topological polar surface area (TPSA) is 67.8 Å². The van der Waals surface area contributed by atoms with Gasteiger partial charge in [-0.15, -0.1) is 0 Å². The summed E-state index contributed by atoms with van der Waals surface area (Å²) in [5, 5.41) is 11.4. The van der Waals surface area contributed by atoms with E-state index < -0.39 is 0 Å². The van der Waals surface area contributed by atoms with E-state index >= 15 is 0 Å². The minimum atomic E-state index is 0.0857. The Kier molecular flexibility index (Phi) is 9.27. The molecule has 4 heteroatoms. The third-order valence-electron chi connectivity index (χ3n) is 2.37. The molecule has 0 fully saturated rings. The highest BCUT2D eigenvalue weighted by Gasteiger charge is 2.08. The number of oxime groups is 1. The summed E-state index contributed by atoms with van der Waals surface area (Å²) in [6, 6.07) is 0. The second-order valence-electron chi connectivity index (χ2n) is 3.76. The summed E-state index contributed by atoms with van der Waals surface area (Å²) in [5.74, 6) is 0.246. The van der Waals surface area contributed by atoms with Crippen LogP contribution in [0.5, 0.6) is 0 Å². The first-order valence-electron chi connectivity index (χ1n) is 5.82. The molecule has 1 unspecified atom stereocenters. The van der Waals surface area contributed by atoms with Crippen LogP contribution in [0.3, 0.4) is 0 Å². The number of hydrogen-bond donors (Lipinski definition) is 2. The molecule has 0 rings (SSSR count). The van der Waals surface area contributed by atoms with Crippen molar-refractivity contribution in [2.75, 3.05) is 6.61 Å². The first-order valence-corrected chi connectivity index (χ1v) is 5.82. The van der Waals surface area contributed by atoms with Crippen LogP contribution in [0.4, 0.5) is 0 Å². The van der Waals surface area contributed by atoms with Crippen LogP contribution in [0.2, 0.25) is 0 Å². The average Bonchev–Trinajstić information content (AvgIpc) is 2.26. The van der Waals surface area contributed by atoms with Gasteiger partial charge in [-0.05, 0) is 12.8 Å². The minimum Gasteiger partial charge on any atom is -0.409 e. The number of amidine groups is 1. The molecule has 0 bridgehead atoms. The zero-order valence-electron chi connectivity index (χ0n) is 9.91. The lowest BCUT2D eigenvalue weighted by atomic mass is 10.2. The number of nitrogens with two attached hydrogens (primary N) is 1. The van der Waals surface area contributed by atoms with Crippen molar-refractivity contribution in [2.24, 2.45) is 10.9 Å². The molecule has 0 saturated carbocycles. The molecule has 0 saturated heterocycles. The molecule has 15 heavy (non-hydrogen) atoms. The molecule has 4 nitrogen and oxygen atoms in total. The molecule has 0 aromatic rings. The lowest BCUT2D eigenvalue weighted by Gasteiger charge is -2.14. The largest absolute Gasteiger partial charge is 0.409 e. The van der Waals surface area contributed by atoms with Gasteiger partial charge < -0.3 is 15.7 Å². The lowest BCUT2D eigenvalue weighted by molar-refractivity contribution is 0.0524. The van der Waals surface area contributed by atoms with Crippen LogP contribution in [-0.4, -0.2) is 23.8 Å². The van der Waals surface area contributed by atoms with E-state index in [-0.39, 0.29) is 11.9 Å². The van der Waals surface area contributed by atoms with Crippen molar-refractivity contribution in [3.63, 3.8) is 0 Å². The third kappa shape index (κ3) is 8.24. The van der Waals surface area contributed by atoms with Gasteiger partial charge in [0.05, 0.1) is 6.10 Å². The number of unbranched alkanes of at least 4 members (excludes halogenated alkanes) is 3. The van der Waals surface area contributed by atoms with Gasteiger partial charge in [0, 0.05) is 13.0 Å². The Morgan fingerprint density at radius 3 is 2.60 bits per heavy atom. The molecule has 0 radical (unpaired) electrons. The summed E-state index contributed by atoms with van der Waals surface area (Å²) in [6.45, 7) is 5.01. The van der Waals surface area contributed by atoms with E-state index in [4.69, 9.17) is 15.7 Å². The van der Waals surface area contributed by atoms with Gasteiger partial charge in [-0.3, -0.25) is 0 Å². The quantitative estimate of drug-likeness (QED) is 0.204. The smallest absolute Gasteiger partial charge is 0.141 e. The van der Waals surface area contributed by atoms with Crippen molar-refractivity contribution < 1.29 is 9.94 Å². The van der Waals surface area contributed by atoms with Gasteiger partial charge in [-0.25, -0.2) is 0 Å². The molecule has 0 spiro atoms. The van der Waals surface area contributed by atoms with Gasteiger partial charge in [0.1, 0.15) is 5.84 Å². The SMILES string of the molecule is CCCCCCOC(CC)C/C(N)=N/O. The minimum absolute atomic E-state index is 0.0857. The second kappa shape index (κ2) is 9.77. The fourth-order valence-electron chi connectivity index (χ4n) is 1.37. The maximum atomic E-state index is 8.43. The Labute approximate surface area is 92.5 Å². The molecule has 0 heterocycles. The standard InChI is InChI=1S/C11H24N2O2/c1-3-5-6-7-8-15-10(4-2)9-11(12)13-14/h10,14H,3-9H2,1-2H3,(H2,12,13). The number of rotatable bonds is 9. The molecule has 90 valence electrons. The van der Waals surface area contributed by atoms with Gasteiger partial charge in [0.25, 0.3) is 0 Å². The normalized spacial score (nSPS) is 14.1. The summed E-state index contributed by atoms with van der Waals surface area (Å²) in [7, 11) is 0. The van der Waals surface area contributed by atoms with Crippen LogP contribution >= 0.6 is 0 Å². The van der Waals surface area contributed by atoms with Crippen molar-refractivity contribution in [1.29, 1.82) is 0 Å². The monoisotopic (exact) mass is 216 g/mol. The zero-order chi connectivity index (χ0) is 11.5. The molecule has 3 N–H and O–H groups in total.